The molecule has 4 rings (SSSR count). The molecule has 0 fully saturated rings. The number of carbonyl (C=O) groups is 1. The Kier molecular flexibility index (Phi) is 5.67. The Balaban J connectivity index is 1.52. The molecule has 168 valence electrons. The van der Waals surface area contributed by atoms with Crippen LogP contribution in [-0.4, -0.2) is 36.6 Å². The smallest absolute Gasteiger partial charge is 0.271 e. The van der Waals surface area contributed by atoms with Gasteiger partial charge in [-0.25, -0.2) is 8.42 Å². The third-order valence-electron chi connectivity index (χ3n) is 4.76. The molecule has 33 heavy (non-hydrogen) atoms. The number of ether oxygens (including phenoxy) is 1. The lowest BCUT2D eigenvalue weighted by molar-refractivity contribution is -0.384. The van der Waals surface area contributed by atoms with Crippen LogP contribution < -0.4 is 14.8 Å². The van der Waals surface area contributed by atoms with Crippen molar-refractivity contribution in [2.24, 2.45) is 0 Å². The lowest BCUT2D eigenvalue weighted by Gasteiger charge is -2.12. The number of amides is 1. The second kappa shape index (κ2) is 8.59. The van der Waals surface area contributed by atoms with Crippen molar-refractivity contribution in [3.8, 4) is 5.75 Å². The first-order valence-corrected chi connectivity index (χ1v) is 10.9. The highest BCUT2D eigenvalue weighted by Crippen LogP contribution is 2.31. The molecule has 0 aliphatic carbocycles. The highest BCUT2D eigenvalue weighted by Gasteiger charge is 2.20. The number of hydrogen-bond donors (Lipinski definition) is 3. The van der Waals surface area contributed by atoms with E-state index in [0.29, 0.717) is 5.69 Å². The van der Waals surface area contributed by atoms with Crippen LogP contribution in [0.1, 0.15) is 10.4 Å². The first kappa shape index (κ1) is 21.8. The highest BCUT2D eigenvalue weighted by atomic mass is 32.2. The van der Waals surface area contributed by atoms with Gasteiger partial charge in [0.25, 0.3) is 21.6 Å². The largest absolute Gasteiger partial charge is 0.495 e. The van der Waals surface area contributed by atoms with E-state index < -0.39 is 20.9 Å². The van der Waals surface area contributed by atoms with Crippen molar-refractivity contribution in [3.63, 3.8) is 0 Å². The summed E-state index contributed by atoms with van der Waals surface area (Å²) in [6, 6.07) is 14.1. The Morgan fingerprint density at radius 2 is 1.85 bits per heavy atom. The Morgan fingerprint density at radius 3 is 2.55 bits per heavy atom. The minimum absolute atomic E-state index is 0.0804. The fraction of sp³-hybridized carbons (Fsp3) is 0.0476. The summed E-state index contributed by atoms with van der Waals surface area (Å²) in [6.07, 6.45) is 1.63. The van der Waals surface area contributed by atoms with Crippen LogP contribution in [0.4, 0.5) is 17.1 Å². The van der Waals surface area contributed by atoms with Crippen LogP contribution in [0.15, 0.2) is 71.8 Å². The molecule has 4 aromatic rings. The maximum absolute atomic E-state index is 12.8. The molecule has 0 saturated carbocycles. The number of non-ortho nitro benzene ring substituents is 1. The number of nitro benzene ring substituents is 1. The molecule has 0 atom stereocenters. The lowest BCUT2D eigenvalue weighted by Crippen LogP contribution is -2.15. The summed E-state index contributed by atoms with van der Waals surface area (Å²) in [7, 11) is -2.79. The number of nitrogens with one attached hydrogen (secondary N) is 3. The quantitative estimate of drug-likeness (QED) is 0.277. The van der Waals surface area contributed by atoms with Crippen LogP contribution in [0.25, 0.3) is 10.9 Å². The van der Waals surface area contributed by atoms with Gasteiger partial charge in [-0.1, -0.05) is 0 Å². The molecule has 3 aromatic carbocycles. The van der Waals surface area contributed by atoms with Crippen LogP contribution in [0.3, 0.4) is 0 Å². The van der Waals surface area contributed by atoms with E-state index in [1.807, 2.05) is 0 Å². The van der Waals surface area contributed by atoms with Crippen molar-refractivity contribution < 1.29 is 22.9 Å². The van der Waals surface area contributed by atoms with Crippen molar-refractivity contribution in [2.75, 3.05) is 17.1 Å². The van der Waals surface area contributed by atoms with Crippen LogP contribution in [0.5, 0.6) is 5.75 Å². The van der Waals surface area contributed by atoms with Crippen molar-refractivity contribution in [2.45, 2.75) is 4.90 Å². The zero-order valence-electron chi connectivity index (χ0n) is 17.1. The standard InChI is InChI=1S/C21H17N5O6S/c1-32-20-9-5-16(26(28)29)11-19(20)25-33(30,31)17-6-2-13(3-7-17)21(27)23-15-4-8-18-14(10-15)12-22-24-18/h2-12,25H,1H3,(H,22,24)(H,23,27). The minimum Gasteiger partial charge on any atom is -0.495 e. The Hall–Kier alpha value is -4.45. The molecule has 12 heteroatoms. The summed E-state index contributed by atoms with van der Waals surface area (Å²) in [5.41, 5.74) is 1.26. The fourth-order valence-electron chi connectivity index (χ4n) is 3.10. The summed E-state index contributed by atoms with van der Waals surface area (Å²) >= 11 is 0. The van der Waals surface area contributed by atoms with E-state index in [-0.39, 0.29) is 27.6 Å². The number of sulfonamides is 1. The second-order valence-corrected chi connectivity index (χ2v) is 8.58. The molecule has 0 bridgehead atoms. The van der Waals surface area contributed by atoms with Gasteiger partial charge in [0.15, 0.2) is 0 Å². The molecule has 0 radical (unpaired) electrons. The zero-order valence-corrected chi connectivity index (χ0v) is 17.9. The normalized spacial score (nSPS) is 11.2. The molecule has 1 heterocycles. The SMILES string of the molecule is COc1ccc([N+](=O)[O-])cc1NS(=O)(=O)c1ccc(C(=O)Nc2ccc3[nH]ncc3c2)cc1. The van der Waals surface area contributed by atoms with Crippen molar-refractivity contribution >= 4 is 43.9 Å². The Bertz CT molecular complexity index is 1460. The number of carbonyl (C=O) groups excluding carboxylic acids is 1. The highest BCUT2D eigenvalue weighted by molar-refractivity contribution is 7.92. The molecular weight excluding hydrogens is 450 g/mol. The van der Waals surface area contributed by atoms with Gasteiger partial charge in [-0.05, 0) is 48.5 Å². The van der Waals surface area contributed by atoms with Crippen LogP contribution in [-0.2, 0) is 10.0 Å². The predicted octanol–water partition coefficient (Wildman–Crippen LogP) is 3.53. The Labute approximate surface area is 187 Å². The summed E-state index contributed by atoms with van der Waals surface area (Å²) < 4.78 is 32.9. The van der Waals surface area contributed by atoms with E-state index in [2.05, 4.69) is 20.2 Å². The third-order valence-corrected chi connectivity index (χ3v) is 6.14. The predicted molar refractivity (Wildman–Crippen MR) is 121 cm³/mol. The van der Waals surface area contributed by atoms with Gasteiger partial charge >= 0.3 is 0 Å². The molecule has 1 aromatic heterocycles. The first-order valence-electron chi connectivity index (χ1n) is 9.46. The molecule has 0 saturated heterocycles. The number of fused-ring (bicyclic) bond motifs is 1. The van der Waals surface area contributed by atoms with E-state index in [9.17, 15) is 23.3 Å². The Morgan fingerprint density at radius 1 is 1.09 bits per heavy atom. The van der Waals surface area contributed by atoms with Crippen LogP contribution in [0.2, 0.25) is 0 Å². The van der Waals surface area contributed by atoms with E-state index in [1.165, 1.54) is 43.5 Å². The maximum atomic E-state index is 12.8. The molecule has 1 amide bonds. The summed E-state index contributed by atoms with van der Waals surface area (Å²) in [4.78, 5) is 22.8. The van der Waals surface area contributed by atoms with E-state index in [1.54, 1.807) is 24.4 Å². The van der Waals surface area contributed by atoms with Gasteiger partial charge in [0.1, 0.15) is 5.75 Å². The van der Waals surface area contributed by atoms with Crippen molar-refractivity contribution in [1.29, 1.82) is 0 Å². The molecule has 0 aliphatic heterocycles. The number of methoxy groups -OCH3 is 1. The van der Waals surface area contributed by atoms with Gasteiger partial charge in [0, 0.05) is 28.8 Å². The van der Waals surface area contributed by atoms with E-state index in [4.69, 9.17) is 4.74 Å². The van der Waals surface area contributed by atoms with Gasteiger partial charge in [-0.2, -0.15) is 5.10 Å². The number of rotatable bonds is 7. The average molecular weight is 467 g/mol. The molecular formula is C21H17N5O6S. The van der Waals surface area contributed by atoms with Crippen molar-refractivity contribution in [3.05, 3.63) is 82.5 Å². The molecule has 0 aliphatic rings. The third kappa shape index (κ3) is 4.60. The van der Waals surface area contributed by atoms with Crippen LogP contribution >= 0.6 is 0 Å². The second-order valence-electron chi connectivity index (χ2n) is 6.90. The van der Waals surface area contributed by atoms with Gasteiger partial charge in [0.2, 0.25) is 0 Å². The summed E-state index contributed by atoms with van der Waals surface area (Å²) in [6.45, 7) is 0. The molecule has 0 unspecified atom stereocenters. The maximum Gasteiger partial charge on any atom is 0.271 e. The number of benzene rings is 3. The van der Waals surface area contributed by atoms with Gasteiger partial charge in [-0.15, -0.1) is 0 Å². The summed E-state index contributed by atoms with van der Waals surface area (Å²) in [5, 5.41) is 21.3. The van der Waals surface area contributed by atoms with E-state index in [0.717, 1.165) is 17.0 Å². The van der Waals surface area contributed by atoms with Crippen molar-refractivity contribution in [1.82, 2.24) is 10.2 Å². The number of aromatic amines is 1. The number of nitrogens with zero attached hydrogens (tertiary/aromatic N) is 2. The molecule has 3 N–H and O–H groups in total. The van der Waals surface area contributed by atoms with Crippen LogP contribution in [0, 0.1) is 10.1 Å². The topological polar surface area (TPSA) is 156 Å². The molecule has 0 spiro atoms. The minimum atomic E-state index is -4.10. The monoisotopic (exact) mass is 467 g/mol. The van der Waals surface area contributed by atoms with E-state index >= 15 is 0 Å². The first-order chi connectivity index (χ1) is 15.8. The summed E-state index contributed by atoms with van der Waals surface area (Å²) in [5.74, 6) is -0.301. The lowest BCUT2D eigenvalue weighted by atomic mass is 10.2. The average Bonchev–Trinajstić information content (AvgIpc) is 3.26. The van der Waals surface area contributed by atoms with Gasteiger partial charge in [0.05, 0.1) is 34.3 Å². The van der Waals surface area contributed by atoms with Gasteiger partial charge in [-0.3, -0.25) is 24.7 Å². The number of hydrogen-bond acceptors (Lipinski definition) is 7. The number of aromatic nitrogens is 2. The zero-order chi connectivity index (χ0) is 23.6. The number of nitro groups is 1. The fourth-order valence-corrected chi connectivity index (χ4v) is 4.16. The van der Waals surface area contributed by atoms with Gasteiger partial charge < -0.3 is 10.1 Å². The molecule has 11 nitrogen and oxygen atoms in total. The number of anilines is 2. The number of H-pyrrole nitrogens is 1.